The summed E-state index contributed by atoms with van der Waals surface area (Å²) < 4.78 is 5.73. The molecule has 0 saturated carbocycles. The summed E-state index contributed by atoms with van der Waals surface area (Å²) in [6, 6.07) is 0. The first-order valence-corrected chi connectivity index (χ1v) is 8.36. The minimum Gasteiger partial charge on any atom is -0.376 e. The van der Waals surface area contributed by atoms with E-state index in [2.05, 4.69) is 42.9 Å². The summed E-state index contributed by atoms with van der Waals surface area (Å²) in [5.74, 6) is 0. The van der Waals surface area contributed by atoms with Gasteiger partial charge in [0.2, 0.25) is 0 Å². The monoisotopic (exact) mass is 297 g/mol. The maximum absolute atomic E-state index is 5.73. The van der Waals surface area contributed by atoms with Gasteiger partial charge >= 0.3 is 0 Å². The average molecular weight is 297 g/mol. The van der Waals surface area contributed by atoms with Gasteiger partial charge in [0, 0.05) is 42.9 Å². The summed E-state index contributed by atoms with van der Waals surface area (Å²) in [7, 11) is 0. The van der Waals surface area contributed by atoms with Crippen LogP contribution < -0.4 is 10.2 Å². The Labute approximate surface area is 126 Å². The second kappa shape index (κ2) is 6.87. The van der Waals surface area contributed by atoms with E-state index in [1.165, 1.54) is 17.7 Å². The number of ether oxygens (including phenoxy) is 1. The third-order valence-corrected chi connectivity index (χ3v) is 4.49. The van der Waals surface area contributed by atoms with Gasteiger partial charge in [0.1, 0.15) is 0 Å². The van der Waals surface area contributed by atoms with Gasteiger partial charge in [-0.05, 0) is 40.5 Å². The van der Waals surface area contributed by atoms with Crippen LogP contribution in [0, 0.1) is 0 Å². The van der Waals surface area contributed by atoms with E-state index in [0.29, 0.717) is 6.10 Å². The van der Waals surface area contributed by atoms with Crippen LogP contribution in [0.4, 0.5) is 5.13 Å². The molecule has 0 amide bonds. The number of rotatable bonds is 6. The van der Waals surface area contributed by atoms with E-state index >= 15 is 0 Å². The summed E-state index contributed by atoms with van der Waals surface area (Å²) in [5.41, 5.74) is 0.145. The van der Waals surface area contributed by atoms with Gasteiger partial charge in [0.15, 0.2) is 5.13 Å². The van der Waals surface area contributed by atoms with Gasteiger partial charge in [-0.25, -0.2) is 4.98 Å². The molecule has 1 unspecified atom stereocenters. The number of aromatic nitrogens is 1. The van der Waals surface area contributed by atoms with E-state index < -0.39 is 0 Å². The molecule has 0 aromatic carbocycles. The van der Waals surface area contributed by atoms with Gasteiger partial charge in [-0.1, -0.05) is 0 Å². The molecular formula is C15H27N3OS. The van der Waals surface area contributed by atoms with Gasteiger partial charge in [-0.3, -0.25) is 0 Å². The highest BCUT2D eigenvalue weighted by molar-refractivity contribution is 7.15. The van der Waals surface area contributed by atoms with Crippen LogP contribution in [-0.4, -0.2) is 36.3 Å². The van der Waals surface area contributed by atoms with E-state index in [-0.39, 0.29) is 5.54 Å². The van der Waals surface area contributed by atoms with Crippen LogP contribution >= 0.6 is 11.3 Å². The largest absolute Gasteiger partial charge is 0.376 e. The first-order chi connectivity index (χ1) is 9.48. The molecule has 1 atom stereocenters. The number of thiazole rings is 1. The molecule has 1 saturated heterocycles. The van der Waals surface area contributed by atoms with Crippen LogP contribution in [0.1, 0.15) is 45.4 Å². The summed E-state index contributed by atoms with van der Waals surface area (Å²) in [6.07, 6.45) is 4.76. The highest BCUT2D eigenvalue weighted by Gasteiger charge is 2.20. The van der Waals surface area contributed by atoms with E-state index in [4.69, 9.17) is 4.74 Å². The van der Waals surface area contributed by atoms with Crippen LogP contribution in [0.2, 0.25) is 0 Å². The third-order valence-electron chi connectivity index (χ3n) is 3.43. The fourth-order valence-corrected chi connectivity index (χ4v) is 3.18. The van der Waals surface area contributed by atoms with Crippen molar-refractivity contribution in [3.05, 3.63) is 11.1 Å². The minimum absolute atomic E-state index is 0.145. The zero-order chi connectivity index (χ0) is 14.6. The van der Waals surface area contributed by atoms with Gasteiger partial charge in [-0.2, -0.15) is 0 Å². The molecule has 20 heavy (non-hydrogen) atoms. The van der Waals surface area contributed by atoms with Gasteiger partial charge in [0.05, 0.1) is 6.10 Å². The Morgan fingerprint density at radius 2 is 2.30 bits per heavy atom. The summed E-state index contributed by atoms with van der Waals surface area (Å²) in [5, 5.41) is 4.63. The number of likely N-dealkylation sites (N-methyl/N-ethyl adjacent to an activating group) is 1. The predicted octanol–water partition coefficient (Wildman–Crippen LogP) is 3.04. The molecule has 0 aliphatic carbocycles. The van der Waals surface area contributed by atoms with E-state index in [1.54, 1.807) is 11.3 Å². The Kier molecular flexibility index (Phi) is 5.41. The highest BCUT2D eigenvalue weighted by atomic mass is 32.1. The average Bonchev–Trinajstić information content (AvgIpc) is 3.04. The molecule has 0 bridgehead atoms. The Hall–Kier alpha value is -0.650. The van der Waals surface area contributed by atoms with E-state index in [9.17, 15) is 0 Å². The molecule has 4 nitrogen and oxygen atoms in total. The first-order valence-electron chi connectivity index (χ1n) is 7.54. The highest BCUT2D eigenvalue weighted by Crippen LogP contribution is 2.24. The second-order valence-corrected chi connectivity index (χ2v) is 7.48. The lowest BCUT2D eigenvalue weighted by Crippen LogP contribution is -2.34. The zero-order valence-corrected chi connectivity index (χ0v) is 13.9. The summed E-state index contributed by atoms with van der Waals surface area (Å²) >= 11 is 1.79. The number of anilines is 1. The van der Waals surface area contributed by atoms with Crippen LogP contribution in [0.3, 0.4) is 0 Å². The lowest BCUT2D eigenvalue weighted by molar-refractivity contribution is 0.115. The minimum atomic E-state index is 0.145. The lowest BCUT2D eigenvalue weighted by Gasteiger charge is -2.23. The molecule has 1 aromatic rings. The summed E-state index contributed by atoms with van der Waals surface area (Å²) in [6.45, 7) is 12.5. The maximum atomic E-state index is 5.73. The van der Waals surface area contributed by atoms with Crippen LogP contribution in [0.5, 0.6) is 0 Å². The van der Waals surface area contributed by atoms with E-state index in [0.717, 1.165) is 31.4 Å². The topological polar surface area (TPSA) is 37.4 Å². The molecule has 1 N–H and O–H groups in total. The molecule has 2 rings (SSSR count). The van der Waals surface area contributed by atoms with Crippen molar-refractivity contribution < 1.29 is 4.74 Å². The summed E-state index contributed by atoms with van der Waals surface area (Å²) in [4.78, 5) is 8.21. The molecule has 0 spiro atoms. The Bertz CT molecular complexity index is 407. The van der Waals surface area contributed by atoms with Crippen molar-refractivity contribution in [2.24, 2.45) is 0 Å². The molecule has 5 heteroatoms. The lowest BCUT2D eigenvalue weighted by atomic mass is 10.1. The molecule has 1 aliphatic rings. The molecular weight excluding hydrogens is 270 g/mol. The molecule has 1 aromatic heterocycles. The molecule has 114 valence electrons. The number of nitrogens with one attached hydrogen (secondary N) is 1. The fourth-order valence-electron chi connectivity index (χ4n) is 2.25. The van der Waals surface area contributed by atoms with Gasteiger partial charge in [0.25, 0.3) is 0 Å². The SMILES string of the molecule is CCN(CC1CCCO1)c1ncc(CNC(C)(C)C)s1. The van der Waals surface area contributed by atoms with Crippen LogP contribution in [-0.2, 0) is 11.3 Å². The first kappa shape index (κ1) is 15.7. The molecule has 0 radical (unpaired) electrons. The normalized spacial score (nSPS) is 19.5. The number of hydrogen-bond acceptors (Lipinski definition) is 5. The molecule has 1 fully saturated rings. The van der Waals surface area contributed by atoms with Crippen LogP contribution in [0.15, 0.2) is 6.20 Å². The fraction of sp³-hybridized carbons (Fsp3) is 0.800. The van der Waals surface area contributed by atoms with E-state index in [1.807, 2.05) is 6.20 Å². The quantitative estimate of drug-likeness (QED) is 0.876. The van der Waals surface area contributed by atoms with Crippen molar-refractivity contribution in [3.8, 4) is 0 Å². The number of nitrogens with zero attached hydrogens (tertiary/aromatic N) is 2. The standard InChI is InChI=1S/C15H27N3OS/c1-5-18(11-12-7-6-8-19-12)14-16-9-13(20-14)10-17-15(2,3)4/h9,12,17H,5-8,10-11H2,1-4H3. The Morgan fingerprint density at radius 3 is 2.90 bits per heavy atom. The van der Waals surface area contributed by atoms with Gasteiger partial charge < -0.3 is 15.0 Å². The Morgan fingerprint density at radius 1 is 1.50 bits per heavy atom. The van der Waals surface area contributed by atoms with Crippen molar-refractivity contribution in [2.75, 3.05) is 24.6 Å². The predicted molar refractivity (Wildman–Crippen MR) is 85.6 cm³/mol. The van der Waals surface area contributed by atoms with Crippen LogP contribution in [0.25, 0.3) is 0 Å². The van der Waals surface area contributed by atoms with Gasteiger partial charge in [-0.15, -0.1) is 11.3 Å². The Balaban J connectivity index is 1.91. The van der Waals surface area contributed by atoms with Crippen molar-refractivity contribution in [1.82, 2.24) is 10.3 Å². The molecule has 2 heterocycles. The zero-order valence-electron chi connectivity index (χ0n) is 13.1. The third kappa shape index (κ3) is 4.72. The van der Waals surface area contributed by atoms with Crippen molar-refractivity contribution in [1.29, 1.82) is 0 Å². The second-order valence-electron chi connectivity index (χ2n) is 6.39. The maximum Gasteiger partial charge on any atom is 0.185 e. The molecule has 1 aliphatic heterocycles. The van der Waals surface area contributed by atoms with Crippen molar-refractivity contribution >= 4 is 16.5 Å². The number of hydrogen-bond donors (Lipinski definition) is 1. The van der Waals surface area contributed by atoms with Crippen molar-refractivity contribution in [2.45, 2.75) is 58.7 Å². The smallest absolute Gasteiger partial charge is 0.185 e. The van der Waals surface area contributed by atoms with Crippen molar-refractivity contribution in [3.63, 3.8) is 0 Å².